The van der Waals surface area contributed by atoms with Gasteiger partial charge in [0.2, 0.25) is 0 Å². The van der Waals surface area contributed by atoms with Crippen molar-refractivity contribution in [2.45, 2.75) is 127 Å². The summed E-state index contributed by atoms with van der Waals surface area (Å²) >= 11 is 0. The van der Waals surface area contributed by atoms with Crippen molar-refractivity contribution in [3.05, 3.63) is 0 Å². The topological polar surface area (TPSA) is 20.2 Å². The van der Waals surface area contributed by atoms with Gasteiger partial charge in [-0.3, -0.25) is 0 Å². The molecule has 0 heterocycles. The van der Waals surface area contributed by atoms with E-state index in [1.165, 1.54) is 64.2 Å². The van der Waals surface area contributed by atoms with Crippen molar-refractivity contribution < 1.29 is 5.11 Å². The molecule has 0 saturated heterocycles. The van der Waals surface area contributed by atoms with Crippen LogP contribution >= 0.6 is 0 Å². The molecule has 5 aliphatic rings. The quantitative estimate of drug-likeness (QED) is 0.440. The van der Waals surface area contributed by atoms with Crippen LogP contribution in [0, 0.1) is 68.0 Å². The Hall–Kier alpha value is -0.0400. The summed E-state index contributed by atoms with van der Waals surface area (Å²) in [4.78, 5) is 0. The average molecular weight is 457 g/mol. The monoisotopic (exact) mass is 456 g/mol. The third-order valence-corrected chi connectivity index (χ3v) is 15.4. The molecule has 5 rings (SSSR count). The molecule has 190 valence electrons. The van der Waals surface area contributed by atoms with Crippen molar-refractivity contribution in [1.82, 2.24) is 0 Å². The second kappa shape index (κ2) is 7.26. The van der Waals surface area contributed by atoms with Crippen LogP contribution in [0.15, 0.2) is 0 Å². The van der Waals surface area contributed by atoms with Crippen LogP contribution in [0.4, 0.5) is 0 Å². The van der Waals surface area contributed by atoms with Gasteiger partial charge in [-0.1, -0.05) is 62.3 Å². The fraction of sp³-hybridized carbons (Fsp3) is 1.00. The number of hydrogen-bond donors (Lipinski definition) is 1. The minimum atomic E-state index is 0.367. The van der Waals surface area contributed by atoms with Crippen LogP contribution in [-0.2, 0) is 0 Å². The highest BCUT2D eigenvalue weighted by atomic mass is 16.3. The molecule has 0 spiro atoms. The number of aliphatic hydroxyl groups excluding tert-OH is 1. The normalized spacial score (nSPS) is 58.5. The summed E-state index contributed by atoms with van der Waals surface area (Å²) in [5, 5.41) is 10.1. The summed E-state index contributed by atoms with van der Waals surface area (Å²) in [5.74, 6) is 4.68. The van der Waals surface area contributed by atoms with E-state index in [9.17, 15) is 5.11 Å². The van der Waals surface area contributed by atoms with Crippen LogP contribution in [0.1, 0.15) is 127 Å². The summed E-state index contributed by atoms with van der Waals surface area (Å²) in [5.41, 5.74) is 2.84. The van der Waals surface area contributed by atoms with Crippen molar-refractivity contribution >= 4 is 0 Å². The van der Waals surface area contributed by atoms with Gasteiger partial charge in [0.05, 0.1) is 0 Å². The fourth-order valence-corrected chi connectivity index (χ4v) is 12.7. The van der Waals surface area contributed by atoms with Gasteiger partial charge in [-0.2, -0.15) is 0 Å². The molecule has 5 fully saturated rings. The predicted octanol–water partition coefficient (Wildman–Crippen LogP) is 8.74. The SMILES string of the molecule is CC(CO)[C@H]1CC[C@]2(C)[C@H]3CC[C@@H]4[C@@]5(C)CCC(C)C(C)(C)[C@@H]5CC[C@@]4(C)[C@]3(C)CC[C@@]12C. The third-order valence-electron chi connectivity index (χ3n) is 15.4. The van der Waals surface area contributed by atoms with Crippen LogP contribution in [0.3, 0.4) is 0 Å². The molecule has 5 saturated carbocycles. The first kappa shape index (κ1) is 24.6. The maximum Gasteiger partial charge on any atom is 0.0459 e. The van der Waals surface area contributed by atoms with Crippen LogP contribution in [0.2, 0.25) is 0 Å². The molecule has 0 amide bonds. The Morgan fingerprint density at radius 3 is 1.85 bits per heavy atom. The number of hydrogen-bond acceptors (Lipinski definition) is 1. The first-order valence-electron chi connectivity index (χ1n) is 14.8. The van der Waals surface area contributed by atoms with E-state index >= 15 is 0 Å². The molecular formula is C32H56O. The predicted molar refractivity (Wildman–Crippen MR) is 140 cm³/mol. The lowest BCUT2D eigenvalue weighted by atomic mass is 9.30. The molecule has 0 aromatic carbocycles. The Morgan fingerprint density at radius 1 is 0.636 bits per heavy atom. The first-order valence-corrected chi connectivity index (χ1v) is 14.8. The highest BCUT2D eigenvalue weighted by molar-refractivity contribution is 5.21. The number of fused-ring (bicyclic) bond motifs is 7. The number of aliphatic hydroxyl groups is 1. The zero-order chi connectivity index (χ0) is 24.2. The minimum absolute atomic E-state index is 0.367. The maximum absolute atomic E-state index is 10.1. The summed E-state index contributed by atoms with van der Waals surface area (Å²) in [6, 6.07) is 0. The van der Waals surface area contributed by atoms with E-state index in [0.29, 0.717) is 50.9 Å². The molecule has 0 aromatic rings. The lowest BCUT2D eigenvalue weighted by Crippen LogP contribution is -2.67. The Kier molecular flexibility index (Phi) is 5.42. The van der Waals surface area contributed by atoms with Crippen LogP contribution in [0.5, 0.6) is 0 Å². The zero-order valence-electron chi connectivity index (χ0n) is 23.7. The van der Waals surface area contributed by atoms with Gasteiger partial charge in [-0.15, -0.1) is 0 Å². The van der Waals surface area contributed by atoms with Crippen molar-refractivity contribution in [3.8, 4) is 0 Å². The highest BCUT2D eigenvalue weighted by Crippen LogP contribution is 2.80. The van der Waals surface area contributed by atoms with Crippen LogP contribution in [-0.4, -0.2) is 11.7 Å². The van der Waals surface area contributed by atoms with E-state index in [-0.39, 0.29) is 0 Å². The summed E-state index contributed by atoms with van der Waals surface area (Å²) in [6.07, 6.45) is 14.3. The summed E-state index contributed by atoms with van der Waals surface area (Å²) < 4.78 is 0. The Balaban J connectivity index is 1.53. The van der Waals surface area contributed by atoms with Gasteiger partial charge in [0.1, 0.15) is 0 Å². The van der Waals surface area contributed by atoms with Crippen molar-refractivity contribution in [2.24, 2.45) is 68.0 Å². The molecule has 2 unspecified atom stereocenters. The standard InChI is InChI=1S/C32H56O/c1-21(20-33)23-13-16-31(8)26-11-10-25-28(5)15-12-22(2)27(3,4)24(28)14-17-30(25,7)32(26,9)19-18-29(23,31)6/h21-26,33H,10-20H2,1-9H3/t21?,22?,23-,24+,25-,26-,28+,29+,30-,31-,32-/m1/s1. The van der Waals surface area contributed by atoms with E-state index < -0.39 is 0 Å². The van der Waals surface area contributed by atoms with Gasteiger partial charge in [0.25, 0.3) is 0 Å². The Labute approximate surface area is 206 Å². The molecule has 1 nitrogen and oxygen atoms in total. The Morgan fingerprint density at radius 2 is 1.18 bits per heavy atom. The molecule has 1 heteroatoms. The number of rotatable bonds is 2. The smallest absolute Gasteiger partial charge is 0.0459 e. The van der Waals surface area contributed by atoms with E-state index in [2.05, 4.69) is 62.3 Å². The molecule has 5 aliphatic carbocycles. The highest BCUT2D eigenvalue weighted by Gasteiger charge is 2.72. The second-order valence-electron chi connectivity index (χ2n) is 16.0. The lowest BCUT2D eigenvalue weighted by Gasteiger charge is -2.74. The van der Waals surface area contributed by atoms with Crippen molar-refractivity contribution in [2.75, 3.05) is 6.61 Å². The maximum atomic E-state index is 10.1. The van der Waals surface area contributed by atoms with Gasteiger partial charge in [-0.05, 0) is 132 Å². The summed E-state index contributed by atoms with van der Waals surface area (Å²) in [7, 11) is 0. The largest absolute Gasteiger partial charge is 0.396 e. The summed E-state index contributed by atoms with van der Waals surface area (Å²) in [6.45, 7) is 24.1. The zero-order valence-corrected chi connectivity index (χ0v) is 23.7. The van der Waals surface area contributed by atoms with Gasteiger partial charge in [0, 0.05) is 6.61 Å². The molecule has 11 atom stereocenters. The molecule has 0 aromatic heterocycles. The van der Waals surface area contributed by atoms with E-state index in [1.807, 2.05) is 0 Å². The molecule has 0 aliphatic heterocycles. The van der Waals surface area contributed by atoms with Gasteiger partial charge in [-0.25, -0.2) is 0 Å². The molecule has 33 heavy (non-hydrogen) atoms. The van der Waals surface area contributed by atoms with E-state index in [1.54, 1.807) is 0 Å². The van der Waals surface area contributed by atoms with E-state index in [4.69, 9.17) is 0 Å². The lowest BCUT2D eigenvalue weighted by molar-refractivity contribution is -0.258. The van der Waals surface area contributed by atoms with E-state index in [0.717, 1.165) is 23.7 Å². The second-order valence-corrected chi connectivity index (χ2v) is 16.0. The molecular weight excluding hydrogens is 400 g/mol. The van der Waals surface area contributed by atoms with Crippen LogP contribution < -0.4 is 0 Å². The van der Waals surface area contributed by atoms with Gasteiger partial charge >= 0.3 is 0 Å². The average Bonchev–Trinajstić information content (AvgIpc) is 3.03. The molecule has 0 radical (unpaired) electrons. The van der Waals surface area contributed by atoms with Crippen molar-refractivity contribution in [1.29, 1.82) is 0 Å². The molecule has 1 N–H and O–H groups in total. The first-order chi connectivity index (χ1) is 15.2. The Bertz CT molecular complexity index is 785. The van der Waals surface area contributed by atoms with Crippen molar-refractivity contribution in [3.63, 3.8) is 0 Å². The van der Waals surface area contributed by atoms with Gasteiger partial charge < -0.3 is 5.11 Å². The third kappa shape index (κ3) is 2.76. The minimum Gasteiger partial charge on any atom is -0.396 e. The molecule has 0 bridgehead atoms. The fourth-order valence-electron chi connectivity index (χ4n) is 12.7. The van der Waals surface area contributed by atoms with Gasteiger partial charge in [0.15, 0.2) is 0 Å². The van der Waals surface area contributed by atoms with Crippen LogP contribution in [0.25, 0.3) is 0 Å².